The van der Waals surface area contributed by atoms with E-state index in [1.807, 2.05) is 12.1 Å². The number of nitrogens with zero attached hydrogens (tertiary/aromatic N) is 7. The highest BCUT2D eigenvalue weighted by atomic mass is 16.6. The molecule has 4 atom stereocenters. The van der Waals surface area contributed by atoms with Gasteiger partial charge in [-0.2, -0.15) is 9.78 Å². The second kappa shape index (κ2) is 8.37. The highest BCUT2D eigenvalue weighted by Gasteiger charge is 2.50. The van der Waals surface area contributed by atoms with Crippen LogP contribution in [-0.2, 0) is 19.0 Å². The summed E-state index contributed by atoms with van der Waals surface area (Å²) in [6, 6.07) is 6.95. The van der Waals surface area contributed by atoms with Gasteiger partial charge in [0.25, 0.3) is 0 Å². The summed E-state index contributed by atoms with van der Waals surface area (Å²) in [5, 5.41) is 18.8. The van der Waals surface area contributed by atoms with Crippen molar-refractivity contribution in [2.45, 2.75) is 24.3 Å². The molecule has 13 heteroatoms. The monoisotopic (exact) mass is 428 g/mol. The van der Waals surface area contributed by atoms with Crippen LogP contribution >= 0.6 is 0 Å². The maximum absolute atomic E-state index is 11.8. The maximum Gasteiger partial charge on any atom is 0.341 e. The number of tetrazole rings is 1. The summed E-state index contributed by atoms with van der Waals surface area (Å²) >= 11 is 0. The molecule has 1 amide bonds. The molecule has 13 nitrogen and oxygen atoms in total. The highest BCUT2D eigenvalue weighted by Crippen LogP contribution is 2.36. The SMILES string of the molecule is COCC(=O)N[C@@H]1CO[C@@H]2[C@@H]1OC[C@@H]2n1nnnc1Oc1ccc(-n2cncn2)cc1. The van der Waals surface area contributed by atoms with Crippen LogP contribution in [-0.4, -0.2) is 86.1 Å². The molecule has 3 aromatic rings. The fraction of sp³-hybridized carbons (Fsp3) is 0.444. The van der Waals surface area contributed by atoms with Crippen LogP contribution in [0.4, 0.5) is 0 Å². The fourth-order valence-corrected chi connectivity index (χ4v) is 3.77. The molecule has 1 aromatic carbocycles. The molecule has 4 heterocycles. The van der Waals surface area contributed by atoms with E-state index < -0.39 is 0 Å². The third-order valence-electron chi connectivity index (χ3n) is 5.15. The third kappa shape index (κ3) is 3.85. The lowest BCUT2D eigenvalue weighted by Crippen LogP contribution is -2.45. The van der Waals surface area contributed by atoms with Crippen LogP contribution in [0.3, 0.4) is 0 Å². The van der Waals surface area contributed by atoms with Crippen LogP contribution in [0.5, 0.6) is 11.8 Å². The van der Waals surface area contributed by atoms with Gasteiger partial charge in [0, 0.05) is 7.11 Å². The first-order valence-electron chi connectivity index (χ1n) is 9.65. The molecule has 2 aliphatic rings. The number of nitrogens with one attached hydrogen (secondary N) is 1. The first-order chi connectivity index (χ1) is 15.2. The second-order valence-electron chi connectivity index (χ2n) is 7.11. The normalized spacial score (nSPS) is 24.8. The maximum atomic E-state index is 11.8. The Morgan fingerprint density at radius 3 is 2.84 bits per heavy atom. The van der Waals surface area contributed by atoms with E-state index in [4.69, 9.17) is 18.9 Å². The van der Waals surface area contributed by atoms with E-state index >= 15 is 0 Å². The van der Waals surface area contributed by atoms with Gasteiger partial charge in [0.05, 0.1) is 24.9 Å². The van der Waals surface area contributed by atoms with Gasteiger partial charge < -0.3 is 24.3 Å². The van der Waals surface area contributed by atoms with Gasteiger partial charge in [-0.05, 0) is 34.7 Å². The van der Waals surface area contributed by atoms with Crippen molar-refractivity contribution in [1.82, 2.24) is 40.3 Å². The molecular formula is C18H20N8O5. The van der Waals surface area contributed by atoms with Crippen molar-refractivity contribution < 1.29 is 23.7 Å². The molecule has 0 saturated carbocycles. The zero-order valence-electron chi connectivity index (χ0n) is 16.6. The molecule has 0 bridgehead atoms. The van der Waals surface area contributed by atoms with Gasteiger partial charge in [0.2, 0.25) is 5.91 Å². The second-order valence-corrected chi connectivity index (χ2v) is 7.11. The third-order valence-corrected chi connectivity index (χ3v) is 5.15. The molecule has 31 heavy (non-hydrogen) atoms. The molecule has 1 N–H and O–H groups in total. The summed E-state index contributed by atoms with van der Waals surface area (Å²) in [6.07, 6.45) is 2.46. The minimum absolute atomic E-state index is 0.0159. The predicted molar refractivity (Wildman–Crippen MR) is 102 cm³/mol. The molecular weight excluding hydrogens is 408 g/mol. The number of fused-ring (bicyclic) bond motifs is 1. The Labute approximate surface area is 176 Å². The molecule has 2 fully saturated rings. The van der Waals surface area contributed by atoms with Crippen molar-refractivity contribution in [3.8, 4) is 17.4 Å². The first-order valence-corrected chi connectivity index (χ1v) is 9.65. The molecule has 0 spiro atoms. The minimum atomic E-state index is -0.312. The van der Waals surface area contributed by atoms with Crippen molar-refractivity contribution in [1.29, 1.82) is 0 Å². The van der Waals surface area contributed by atoms with E-state index in [2.05, 4.69) is 30.9 Å². The molecule has 2 aromatic heterocycles. The van der Waals surface area contributed by atoms with E-state index in [0.29, 0.717) is 19.0 Å². The largest absolute Gasteiger partial charge is 0.423 e. The quantitative estimate of drug-likeness (QED) is 0.524. The van der Waals surface area contributed by atoms with Crippen molar-refractivity contribution in [3.05, 3.63) is 36.9 Å². The number of rotatable bonds is 7. The smallest absolute Gasteiger partial charge is 0.341 e. The predicted octanol–water partition coefficient (Wildman–Crippen LogP) is -0.484. The van der Waals surface area contributed by atoms with E-state index in [-0.39, 0.29) is 42.8 Å². The van der Waals surface area contributed by atoms with Gasteiger partial charge in [-0.3, -0.25) is 4.79 Å². The van der Waals surface area contributed by atoms with Gasteiger partial charge in [-0.1, -0.05) is 5.10 Å². The number of carbonyl (C=O) groups excluding carboxylic acids is 1. The van der Waals surface area contributed by atoms with Crippen molar-refractivity contribution >= 4 is 5.91 Å². The van der Waals surface area contributed by atoms with Gasteiger partial charge >= 0.3 is 6.01 Å². The summed E-state index contributed by atoms with van der Waals surface area (Å²) in [4.78, 5) is 15.8. The molecule has 0 aliphatic carbocycles. The Bertz CT molecular complexity index is 1020. The Kier molecular flexibility index (Phi) is 5.28. The number of aromatic nitrogens is 7. The zero-order valence-corrected chi connectivity index (χ0v) is 16.6. The molecule has 162 valence electrons. The first kappa shape index (κ1) is 19.5. The van der Waals surface area contributed by atoms with Crippen LogP contribution in [0.1, 0.15) is 6.04 Å². The minimum Gasteiger partial charge on any atom is -0.423 e. The number of methoxy groups -OCH3 is 1. The standard InChI is InChI=1S/C18H20N8O5/c1-28-8-15(27)21-13-6-29-17-14(7-30-16(13)17)26-18(22-23-24-26)31-12-4-2-11(3-5-12)25-10-19-9-20-25/h2-5,9-10,13-14,16-17H,6-8H2,1H3,(H,21,27)/t13-,14+,16-,17+/m1/s1. The highest BCUT2D eigenvalue weighted by molar-refractivity contribution is 5.77. The number of hydrogen-bond donors (Lipinski definition) is 1. The van der Waals surface area contributed by atoms with Gasteiger partial charge in [-0.25, -0.2) is 9.67 Å². The Hall–Kier alpha value is -3.42. The van der Waals surface area contributed by atoms with Gasteiger partial charge in [-0.15, -0.1) is 0 Å². The molecule has 2 aliphatic heterocycles. The Morgan fingerprint density at radius 2 is 2.06 bits per heavy atom. The van der Waals surface area contributed by atoms with E-state index in [1.54, 1.807) is 27.8 Å². The topological polar surface area (TPSA) is 140 Å². The molecule has 0 unspecified atom stereocenters. The number of benzene rings is 1. The van der Waals surface area contributed by atoms with Crippen LogP contribution in [0, 0.1) is 0 Å². The number of hydrogen-bond acceptors (Lipinski definition) is 10. The Balaban J connectivity index is 1.27. The lowest BCUT2D eigenvalue weighted by Gasteiger charge is -2.18. The van der Waals surface area contributed by atoms with Crippen LogP contribution < -0.4 is 10.1 Å². The van der Waals surface area contributed by atoms with Crippen LogP contribution in [0.2, 0.25) is 0 Å². The van der Waals surface area contributed by atoms with Crippen molar-refractivity contribution in [2.75, 3.05) is 26.9 Å². The van der Waals surface area contributed by atoms with Crippen LogP contribution in [0.15, 0.2) is 36.9 Å². The van der Waals surface area contributed by atoms with E-state index in [0.717, 1.165) is 5.69 Å². The lowest BCUT2D eigenvalue weighted by atomic mass is 10.1. The average molecular weight is 428 g/mol. The number of ether oxygens (including phenoxy) is 4. The zero-order chi connectivity index (χ0) is 21.2. The number of amides is 1. The van der Waals surface area contributed by atoms with Crippen molar-refractivity contribution in [3.63, 3.8) is 0 Å². The Morgan fingerprint density at radius 1 is 1.23 bits per heavy atom. The number of carbonyl (C=O) groups is 1. The van der Waals surface area contributed by atoms with E-state index in [9.17, 15) is 4.79 Å². The molecule has 0 radical (unpaired) electrons. The summed E-state index contributed by atoms with van der Waals surface area (Å²) in [7, 11) is 1.47. The molecule has 5 rings (SSSR count). The summed E-state index contributed by atoms with van der Waals surface area (Å²) in [5.41, 5.74) is 0.845. The van der Waals surface area contributed by atoms with Gasteiger partial charge in [0.1, 0.15) is 43.3 Å². The molecule has 2 saturated heterocycles. The van der Waals surface area contributed by atoms with E-state index in [1.165, 1.54) is 13.4 Å². The van der Waals surface area contributed by atoms with Crippen molar-refractivity contribution in [2.24, 2.45) is 0 Å². The average Bonchev–Trinajstić information content (AvgIpc) is 3.55. The van der Waals surface area contributed by atoms with Gasteiger partial charge in [0.15, 0.2) is 0 Å². The summed E-state index contributed by atoms with van der Waals surface area (Å²) in [5.74, 6) is 0.344. The van der Waals surface area contributed by atoms with Crippen LogP contribution in [0.25, 0.3) is 5.69 Å². The lowest BCUT2D eigenvalue weighted by molar-refractivity contribution is -0.126. The summed E-state index contributed by atoms with van der Waals surface area (Å²) in [6.45, 7) is 0.653. The summed E-state index contributed by atoms with van der Waals surface area (Å²) < 4.78 is 25.7. The fourth-order valence-electron chi connectivity index (χ4n) is 3.77.